The molecule has 3 heteroatoms. The lowest BCUT2D eigenvalue weighted by atomic mass is 10.1. The van der Waals surface area contributed by atoms with Crippen LogP contribution in [-0.2, 0) is 11.3 Å². The van der Waals surface area contributed by atoms with E-state index in [0.717, 1.165) is 5.56 Å². The molecule has 0 aromatic heterocycles. The van der Waals surface area contributed by atoms with Crippen LogP contribution in [0.2, 0.25) is 0 Å². The maximum atomic E-state index is 11.5. The van der Waals surface area contributed by atoms with Crippen molar-refractivity contribution < 1.29 is 4.79 Å². The third-order valence-corrected chi connectivity index (χ3v) is 2.43. The van der Waals surface area contributed by atoms with Crippen LogP contribution in [0.1, 0.15) is 17.5 Å². The van der Waals surface area contributed by atoms with E-state index in [1.54, 1.807) is 11.9 Å². The molecule has 2 nitrogen and oxygen atoms in total. The molecule has 0 fully saturated rings. The van der Waals surface area contributed by atoms with E-state index >= 15 is 0 Å². The van der Waals surface area contributed by atoms with Crippen LogP contribution < -0.4 is 0 Å². The molecule has 0 atom stereocenters. The smallest absolute Gasteiger partial charge is 0.223 e. The van der Waals surface area contributed by atoms with E-state index < -0.39 is 0 Å². The normalized spacial score (nSPS) is 10.1. The maximum absolute atomic E-state index is 11.5. The molecule has 0 aliphatic heterocycles. The first-order valence-electron chi connectivity index (χ1n) is 4.99. The Bertz CT molecular complexity index is 338. The monoisotopic (exact) mass is 225 g/mol. The fraction of sp³-hybridized carbons (Fsp3) is 0.417. The Morgan fingerprint density at radius 1 is 1.47 bits per heavy atom. The number of benzene rings is 1. The van der Waals surface area contributed by atoms with E-state index in [-0.39, 0.29) is 5.91 Å². The molecular weight excluding hydrogens is 210 g/mol. The van der Waals surface area contributed by atoms with Gasteiger partial charge in [0.2, 0.25) is 5.91 Å². The van der Waals surface area contributed by atoms with Crippen molar-refractivity contribution in [2.75, 3.05) is 12.9 Å². The Morgan fingerprint density at radius 2 is 2.20 bits per heavy atom. The Hall–Kier alpha value is -1.02. The van der Waals surface area contributed by atoms with Gasteiger partial charge in [0.05, 0.1) is 0 Å². The number of nitrogens with zero attached hydrogens (tertiary/aromatic N) is 1. The molecule has 0 aliphatic rings. The average molecular weight is 226 g/mol. The summed E-state index contributed by atoms with van der Waals surface area (Å²) in [5.74, 6) is 0.475. The molecule has 0 heterocycles. The minimum absolute atomic E-state index is 0.0894. The minimum Gasteiger partial charge on any atom is -0.341 e. The zero-order valence-corrected chi connectivity index (χ0v) is 9.92. The van der Waals surface area contributed by atoms with Gasteiger partial charge in [0, 0.05) is 25.9 Å². The number of carbonyl (C=O) groups is 1. The van der Waals surface area contributed by atoms with E-state index in [9.17, 15) is 4.79 Å². The van der Waals surface area contributed by atoms with Crippen molar-refractivity contribution in [3.63, 3.8) is 0 Å². The number of rotatable bonds is 4. The predicted molar refractivity (Wildman–Crippen MR) is 63.0 cm³/mol. The molecule has 0 aliphatic carbocycles. The van der Waals surface area contributed by atoms with Gasteiger partial charge in [-0.05, 0) is 12.5 Å². The molecule has 1 rings (SSSR count). The summed E-state index contributed by atoms with van der Waals surface area (Å²) in [5.41, 5.74) is 2.37. The van der Waals surface area contributed by atoms with Crippen molar-refractivity contribution in [2.24, 2.45) is 0 Å². The van der Waals surface area contributed by atoms with Crippen LogP contribution in [0, 0.1) is 6.92 Å². The van der Waals surface area contributed by atoms with Gasteiger partial charge in [0.1, 0.15) is 0 Å². The van der Waals surface area contributed by atoms with Gasteiger partial charge in [-0.3, -0.25) is 4.79 Å². The molecule has 0 bridgehead atoms. The number of alkyl halides is 1. The first kappa shape index (κ1) is 12.1. The van der Waals surface area contributed by atoms with Crippen LogP contribution in [-0.4, -0.2) is 23.7 Å². The van der Waals surface area contributed by atoms with Gasteiger partial charge in [0.25, 0.3) is 0 Å². The number of halogens is 1. The highest BCUT2D eigenvalue weighted by molar-refractivity contribution is 6.18. The summed E-state index contributed by atoms with van der Waals surface area (Å²) in [6, 6.07) is 8.16. The van der Waals surface area contributed by atoms with Gasteiger partial charge in [0.15, 0.2) is 0 Å². The molecule has 1 aromatic rings. The summed E-state index contributed by atoms with van der Waals surface area (Å²) < 4.78 is 0. The first-order chi connectivity index (χ1) is 7.13. The third kappa shape index (κ3) is 3.92. The van der Waals surface area contributed by atoms with Gasteiger partial charge in [-0.1, -0.05) is 29.8 Å². The number of amides is 1. The number of aryl methyl sites for hydroxylation is 1. The molecule has 82 valence electrons. The SMILES string of the molecule is Cc1cccc(CN(C)C(=O)CCCl)c1. The molecular formula is C12H16ClNO. The van der Waals surface area contributed by atoms with Gasteiger partial charge in [-0.2, -0.15) is 0 Å². The third-order valence-electron chi connectivity index (χ3n) is 2.24. The highest BCUT2D eigenvalue weighted by atomic mass is 35.5. The van der Waals surface area contributed by atoms with E-state index in [2.05, 4.69) is 6.07 Å². The summed E-state index contributed by atoms with van der Waals surface area (Å²) in [7, 11) is 1.80. The first-order valence-corrected chi connectivity index (χ1v) is 5.52. The predicted octanol–water partition coefficient (Wildman–Crippen LogP) is 2.58. The molecule has 0 saturated carbocycles. The molecule has 0 unspecified atom stereocenters. The molecule has 1 amide bonds. The lowest BCUT2D eigenvalue weighted by Gasteiger charge is -2.16. The quantitative estimate of drug-likeness (QED) is 0.722. The summed E-state index contributed by atoms with van der Waals surface area (Å²) in [5, 5.41) is 0. The maximum Gasteiger partial charge on any atom is 0.223 e. The summed E-state index contributed by atoms with van der Waals surface area (Å²) in [4.78, 5) is 13.2. The van der Waals surface area contributed by atoms with Crippen LogP contribution >= 0.6 is 11.6 Å². The van der Waals surface area contributed by atoms with Crippen molar-refractivity contribution in [1.82, 2.24) is 4.90 Å². The minimum atomic E-state index is 0.0894. The lowest BCUT2D eigenvalue weighted by Crippen LogP contribution is -2.26. The van der Waals surface area contributed by atoms with Gasteiger partial charge < -0.3 is 4.90 Å². The van der Waals surface area contributed by atoms with E-state index in [1.807, 2.05) is 25.1 Å². The summed E-state index contributed by atoms with van der Waals surface area (Å²) in [6.45, 7) is 2.70. The second kappa shape index (κ2) is 5.76. The Kier molecular flexibility index (Phi) is 4.63. The summed E-state index contributed by atoms with van der Waals surface area (Å²) in [6.07, 6.45) is 0.407. The van der Waals surface area contributed by atoms with Crippen molar-refractivity contribution in [1.29, 1.82) is 0 Å². The second-order valence-corrected chi connectivity index (χ2v) is 4.06. The van der Waals surface area contributed by atoms with Crippen LogP contribution in [0.3, 0.4) is 0 Å². The molecule has 0 saturated heterocycles. The molecule has 0 N–H and O–H groups in total. The van der Waals surface area contributed by atoms with Crippen molar-refractivity contribution >= 4 is 17.5 Å². The fourth-order valence-corrected chi connectivity index (χ4v) is 1.61. The lowest BCUT2D eigenvalue weighted by molar-refractivity contribution is -0.129. The number of carbonyl (C=O) groups excluding carboxylic acids is 1. The van der Waals surface area contributed by atoms with E-state index in [4.69, 9.17) is 11.6 Å². The zero-order valence-electron chi connectivity index (χ0n) is 9.16. The second-order valence-electron chi connectivity index (χ2n) is 3.68. The molecule has 0 radical (unpaired) electrons. The van der Waals surface area contributed by atoms with Crippen molar-refractivity contribution in [3.8, 4) is 0 Å². The fourth-order valence-electron chi connectivity index (χ4n) is 1.44. The highest BCUT2D eigenvalue weighted by Gasteiger charge is 2.07. The Balaban J connectivity index is 2.58. The van der Waals surface area contributed by atoms with E-state index in [1.165, 1.54) is 5.56 Å². The van der Waals surface area contributed by atoms with Crippen molar-refractivity contribution in [2.45, 2.75) is 19.9 Å². The largest absolute Gasteiger partial charge is 0.341 e. The topological polar surface area (TPSA) is 20.3 Å². The molecule has 15 heavy (non-hydrogen) atoms. The van der Waals surface area contributed by atoms with Crippen LogP contribution in [0.15, 0.2) is 24.3 Å². The van der Waals surface area contributed by atoms with Gasteiger partial charge in [-0.15, -0.1) is 11.6 Å². The average Bonchev–Trinajstić information content (AvgIpc) is 2.18. The summed E-state index contributed by atoms with van der Waals surface area (Å²) >= 11 is 5.52. The van der Waals surface area contributed by atoms with Crippen LogP contribution in [0.4, 0.5) is 0 Å². The van der Waals surface area contributed by atoms with Crippen molar-refractivity contribution in [3.05, 3.63) is 35.4 Å². The zero-order chi connectivity index (χ0) is 11.3. The molecule has 0 spiro atoms. The van der Waals surface area contributed by atoms with Gasteiger partial charge in [-0.25, -0.2) is 0 Å². The van der Waals surface area contributed by atoms with Crippen LogP contribution in [0.5, 0.6) is 0 Å². The van der Waals surface area contributed by atoms with E-state index in [0.29, 0.717) is 18.8 Å². The molecule has 1 aromatic carbocycles. The Morgan fingerprint density at radius 3 is 2.80 bits per heavy atom. The van der Waals surface area contributed by atoms with Gasteiger partial charge >= 0.3 is 0 Å². The highest BCUT2D eigenvalue weighted by Crippen LogP contribution is 2.07. The number of hydrogen-bond donors (Lipinski definition) is 0. The number of hydrogen-bond acceptors (Lipinski definition) is 1. The standard InChI is InChI=1S/C12H16ClNO/c1-10-4-3-5-11(8-10)9-14(2)12(15)6-7-13/h3-5,8H,6-7,9H2,1-2H3. The van der Waals surface area contributed by atoms with Crippen LogP contribution in [0.25, 0.3) is 0 Å². The Labute approximate surface area is 95.8 Å².